The summed E-state index contributed by atoms with van der Waals surface area (Å²) in [4.78, 5) is 26.0. The molecule has 1 amide bonds. The number of carbonyl (C=O) groups is 1. The lowest BCUT2D eigenvalue weighted by atomic mass is 10.2. The summed E-state index contributed by atoms with van der Waals surface area (Å²) < 4.78 is 13.0. The molecule has 0 radical (unpaired) electrons. The summed E-state index contributed by atoms with van der Waals surface area (Å²) in [5, 5.41) is 0. The first-order chi connectivity index (χ1) is 11.6. The van der Waals surface area contributed by atoms with Gasteiger partial charge in [-0.3, -0.25) is 9.59 Å². The van der Waals surface area contributed by atoms with Gasteiger partial charge in [-0.2, -0.15) is 0 Å². The predicted octanol–water partition coefficient (Wildman–Crippen LogP) is 1.69. The van der Waals surface area contributed by atoms with Crippen LogP contribution in [0.3, 0.4) is 0 Å². The third kappa shape index (κ3) is 3.27. The average molecular weight is 328 g/mol. The molecule has 6 nitrogen and oxygen atoms in total. The Morgan fingerprint density at radius 1 is 1.29 bits per heavy atom. The van der Waals surface area contributed by atoms with Gasteiger partial charge in [0.15, 0.2) is 17.6 Å². The van der Waals surface area contributed by atoms with Crippen LogP contribution in [0, 0.1) is 0 Å². The van der Waals surface area contributed by atoms with Gasteiger partial charge in [-0.1, -0.05) is 12.1 Å². The minimum atomic E-state index is -0.240. The maximum Gasteiger partial charge on any atom is 0.254 e. The Kier molecular flexibility index (Phi) is 4.55. The van der Waals surface area contributed by atoms with Gasteiger partial charge in [0.2, 0.25) is 0 Å². The second kappa shape index (κ2) is 6.78. The number of aromatic nitrogens is 1. The summed E-state index contributed by atoms with van der Waals surface area (Å²) in [7, 11) is 1.65. The van der Waals surface area contributed by atoms with Gasteiger partial charge in [-0.05, 0) is 25.1 Å². The van der Waals surface area contributed by atoms with Crippen LogP contribution in [0.1, 0.15) is 17.3 Å². The van der Waals surface area contributed by atoms with Crippen molar-refractivity contribution in [1.29, 1.82) is 0 Å². The zero-order valence-electron chi connectivity index (χ0n) is 13.8. The Morgan fingerprint density at radius 3 is 2.75 bits per heavy atom. The molecule has 0 unspecified atom stereocenters. The molecule has 1 aromatic heterocycles. The van der Waals surface area contributed by atoms with Crippen LogP contribution in [-0.4, -0.2) is 41.2 Å². The fraction of sp³-hybridized carbons (Fsp3) is 0.333. The number of aryl methyl sites for hydroxylation is 1. The number of ether oxygens (including phenoxy) is 2. The molecule has 1 aliphatic heterocycles. The van der Waals surface area contributed by atoms with Gasteiger partial charge in [0.1, 0.15) is 6.61 Å². The zero-order valence-corrected chi connectivity index (χ0v) is 13.8. The summed E-state index contributed by atoms with van der Waals surface area (Å²) >= 11 is 0. The van der Waals surface area contributed by atoms with Crippen LogP contribution in [0.4, 0.5) is 0 Å². The largest absolute Gasteiger partial charge is 0.486 e. The van der Waals surface area contributed by atoms with Crippen molar-refractivity contribution < 1.29 is 14.3 Å². The number of hydrogen-bond donors (Lipinski definition) is 0. The quantitative estimate of drug-likeness (QED) is 0.857. The van der Waals surface area contributed by atoms with Crippen LogP contribution in [0.5, 0.6) is 11.5 Å². The van der Waals surface area contributed by atoms with Crippen molar-refractivity contribution >= 4 is 5.91 Å². The standard InChI is InChI=1S/C18H20N2O4/c1-3-20(18(22)13-8-9-19(2)17(21)10-13)11-14-12-23-15-6-4-5-7-16(15)24-14/h4-10,14H,3,11-12H2,1-2H3/t14-/m1/s1. The Labute approximate surface area is 140 Å². The van der Waals surface area contributed by atoms with E-state index in [1.54, 1.807) is 24.2 Å². The molecule has 0 saturated heterocycles. The van der Waals surface area contributed by atoms with E-state index in [0.29, 0.717) is 31.0 Å². The van der Waals surface area contributed by atoms with Crippen LogP contribution in [0.25, 0.3) is 0 Å². The third-order valence-electron chi connectivity index (χ3n) is 4.01. The molecular formula is C18H20N2O4. The Bertz CT molecular complexity index is 800. The van der Waals surface area contributed by atoms with Crippen molar-refractivity contribution in [2.45, 2.75) is 13.0 Å². The minimum absolute atomic E-state index is 0.183. The van der Waals surface area contributed by atoms with Crippen molar-refractivity contribution in [3.05, 3.63) is 58.5 Å². The Balaban J connectivity index is 1.72. The lowest BCUT2D eigenvalue weighted by molar-refractivity contribution is 0.0474. The fourth-order valence-corrected chi connectivity index (χ4v) is 2.62. The van der Waals surface area contributed by atoms with Crippen LogP contribution >= 0.6 is 0 Å². The number of hydrogen-bond acceptors (Lipinski definition) is 4. The molecule has 0 fully saturated rings. The highest BCUT2D eigenvalue weighted by atomic mass is 16.6. The van der Waals surface area contributed by atoms with Crippen LogP contribution < -0.4 is 15.0 Å². The first-order valence-electron chi connectivity index (χ1n) is 7.93. The number of para-hydroxylation sites is 2. The topological polar surface area (TPSA) is 60.8 Å². The van der Waals surface area contributed by atoms with Gasteiger partial charge in [-0.15, -0.1) is 0 Å². The van der Waals surface area contributed by atoms with Crippen molar-refractivity contribution in [3.8, 4) is 11.5 Å². The molecule has 0 saturated carbocycles. The highest BCUT2D eigenvalue weighted by Gasteiger charge is 2.25. The summed E-state index contributed by atoms with van der Waals surface area (Å²) in [5.74, 6) is 1.22. The number of carbonyl (C=O) groups excluding carboxylic acids is 1. The molecule has 1 atom stereocenters. The molecule has 2 heterocycles. The monoisotopic (exact) mass is 328 g/mol. The third-order valence-corrected chi connectivity index (χ3v) is 4.01. The minimum Gasteiger partial charge on any atom is -0.486 e. The molecule has 0 N–H and O–H groups in total. The van der Waals surface area contributed by atoms with E-state index in [-0.39, 0.29) is 17.6 Å². The molecular weight excluding hydrogens is 308 g/mol. The predicted molar refractivity (Wildman–Crippen MR) is 89.6 cm³/mol. The van der Waals surface area contributed by atoms with Gasteiger partial charge in [0.25, 0.3) is 11.5 Å². The number of rotatable bonds is 4. The molecule has 1 aromatic carbocycles. The fourth-order valence-electron chi connectivity index (χ4n) is 2.62. The van der Waals surface area contributed by atoms with Gasteiger partial charge < -0.3 is 18.9 Å². The molecule has 0 spiro atoms. The number of pyridine rings is 1. The maximum atomic E-state index is 12.6. The lowest BCUT2D eigenvalue weighted by Gasteiger charge is -2.31. The van der Waals surface area contributed by atoms with Crippen molar-refractivity contribution in [2.24, 2.45) is 7.05 Å². The second-order valence-electron chi connectivity index (χ2n) is 5.71. The van der Waals surface area contributed by atoms with E-state index in [1.165, 1.54) is 10.6 Å². The molecule has 24 heavy (non-hydrogen) atoms. The molecule has 0 aliphatic carbocycles. The lowest BCUT2D eigenvalue weighted by Crippen LogP contribution is -2.43. The van der Waals surface area contributed by atoms with Crippen LogP contribution in [0.2, 0.25) is 0 Å². The van der Waals surface area contributed by atoms with E-state index in [0.717, 1.165) is 5.75 Å². The molecule has 2 aromatic rings. The molecule has 126 valence electrons. The molecule has 0 bridgehead atoms. The van der Waals surface area contributed by atoms with E-state index < -0.39 is 0 Å². The normalized spacial score (nSPS) is 15.8. The van der Waals surface area contributed by atoms with Gasteiger partial charge in [0, 0.05) is 31.4 Å². The van der Waals surface area contributed by atoms with Crippen molar-refractivity contribution in [1.82, 2.24) is 9.47 Å². The molecule has 3 rings (SSSR count). The van der Waals surface area contributed by atoms with E-state index in [1.807, 2.05) is 31.2 Å². The SMILES string of the molecule is CCN(C[C@@H]1COc2ccccc2O1)C(=O)c1ccn(C)c(=O)c1. The first kappa shape index (κ1) is 16.1. The molecule has 6 heteroatoms. The average Bonchev–Trinajstić information content (AvgIpc) is 2.61. The van der Waals surface area contributed by atoms with Crippen LogP contribution in [0.15, 0.2) is 47.4 Å². The maximum absolute atomic E-state index is 12.6. The summed E-state index contributed by atoms with van der Waals surface area (Å²) in [5.41, 5.74) is 0.181. The number of nitrogens with zero attached hydrogens (tertiary/aromatic N) is 2. The van der Waals surface area contributed by atoms with Gasteiger partial charge >= 0.3 is 0 Å². The van der Waals surface area contributed by atoms with Gasteiger partial charge in [-0.25, -0.2) is 0 Å². The van der Waals surface area contributed by atoms with Crippen molar-refractivity contribution in [2.75, 3.05) is 19.7 Å². The zero-order chi connectivity index (χ0) is 17.1. The number of likely N-dealkylation sites (N-methyl/N-ethyl adjacent to an activating group) is 1. The smallest absolute Gasteiger partial charge is 0.254 e. The highest BCUT2D eigenvalue weighted by molar-refractivity contribution is 5.94. The van der Waals surface area contributed by atoms with Crippen molar-refractivity contribution in [3.63, 3.8) is 0 Å². The summed E-state index contributed by atoms with van der Waals surface area (Å²) in [6, 6.07) is 10.5. The van der Waals surface area contributed by atoms with Crippen LogP contribution in [-0.2, 0) is 7.05 Å². The second-order valence-corrected chi connectivity index (χ2v) is 5.71. The Morgan fingerprint density at radius 2 is 2.04 bits per heavy atom. The highest BCUT2D eigenvalue weighted by Crippen LogP contribution is 2.31. The number of benzene rings is 1. The Hall–Kier alpha value is -2.76. The summed E-state index contributed by atoms with van der Waals surface area (Å²) in [6.07, 6.45) is 1.36. The van der Waals surface area contributed by atoms with E-state index >= 15 is 0 Å². The molecule has 1 aliphatic rings. The number of amides is 1. The van der Waals surface area contributed by atoms with E-state index in [2.05, 4.69) is 0 Å². The summed E-state index contributed by atoms with van der Waals surface area (Å²) in [6.45, 7) is 3.21. The van der Waals surface area contributed by atoms with E-state index in [9.17, 15) is 9.59 Å². The number of fused-ring (bicyclic) bond motifs is 1. The van der Waals surface area contributed by atoms with E-state index in [4.69, 9.17) is 9.47 Å². The van der Waals surface area contributed by atoms with Gasteiger partial charge in [0.05, 0.1) is 6.54 Å². The first-order valence-corrected chi connectivity index (χ1v) is 7.93.